The standard InChI is InChI=1S/C25H21N3O3S.ClH/c1-31-28-21(23(29)30)20-22(26)32-24(27-20)25(17-11-5-2-6-12-17,18-13-7-3-8-14-18)19-15-9-4-10-16-19;/h2-16H,26H2,1H3,(H,29,30);1H/b28-21-;. The third-order valence-corrected chi connectivity index (χ3v) is 6.21. The Hall–Kier alpha value is -3.68. The molecule has 0 atom stereocenters. The summed E-state index contributed by atoms with van der Waals surface area (Å²) in [6, 6.07) is 30.0. The minimum Gasteiger partial charge on any atom is -0.476 e. The molecule has 4 rings (SSSR count). The number of carboxylic acid groups (broad SMARTS) is 1. The third kappa shape index (κ3) is 4.33. The maximum absolute atomic E-state index is 11.8. The summed E-state index contributed by atoms with van der Waals surface area (Å²) in [5, 5.41) is 14.2. The highest BCUT2D eigenvalue weighted by atomic mass is 35.5. The zero-order valence-corrected chi connectivity index (χ0v) is 19.3. The van der Waals surface area contributed by atoms with Crippen molar-refractivity contribution >= 4 is 40.4 Å². The van der Waals surface area contributed by atoms with Gasteiger partial charge in [0.15, 0.2) is 0 Å². The number of benzene rings is 3. The van der Waals surface area contributed by atoms with Crippen LogP contribution in [-0.2, 0) is 15.0 Å². The SMILES string of the molecule is CO/N=C(\C(=O)O)c1nc(C(c2ccccc2)(c2ccccc2)c2ccccc2)sc1N.Cl. The first-order valence-electron chi connectivity index (χ1n) is 9.87. The summed E-state index contributed by atoms with van der Waals surface area (Å²) in [6.07, 6.45) is 0. The van der Waals surface area contributed by atoms with Gasteiger partial charge in [0.25, 0.3) is 0 Å². The van der Waals surface area contributed by atoms with Gasteiger partial charge in [-0.1, -0.05) is 107 Å². The molecule has 0 aliphatic carbocycles. The fraction of sp³-hybridized carbons (Fsp3) is 0.0800. The number of carboxylic acids is 1. The summed E-state index contributed by atoms with van der Waals surface area (Å²) in [5.74, 6) is -1.26. The van der Waals surface area contributed by atoms with Crippen LogP contribution in [0.15, 0.2) is 96.2 Å². The molecule has 1 aromatic heterocycles. The number of rotatable bonds is 7. The highest BCUT2D eigenvalue weighted by molar-refractivity contribution is 7.16. The van der Waals surface area contributed by atoms with E-state index in [0.717, 1.165) is 16.7 Å². The van der Waals surface area contributed by atoms with Gasteiger partial charge < -0.3 is 15.7 Å². The summed E-state index contributed by atoms with van der Waals surface area (Å²) in [4.78, 5) is 21.3. The lowest BCUT2D eigenvalue weighted by Crippen LogP contribution is -2.31. The molecule has 3 N–H and O–H groups in total. The molecule has 0 saturated heterocycles. The highest BCUT2D eigenvalue weighted by Gasteiger charge is 2.42. The molecule has 4 aromatic rings. The largest absolute Gasteiger partial charge is 0.476 e. The molecule has 6 nitrogen and oxygen atoms in total. The van der Waals surface area contributed by atoms with Crippen molar-refractivity contribution in [2.45, 2.75) is 5.41 Å². The second-order valence-corrected chi connectivity index (χ2v) is 8.04. The van der Waals surface area contributed by atoms with Crippen molar-refractivity contribution in [3.63, 3.8) is 0 Å². The van der Waals surface area contributed by atoms with E-state index in [0.29, 0.717) is 5.01 Å². The van der Waals surface area contributed by atoms with Crippen molar-refractivity contribution in [3.05, 3.63) is 118 Å². The Kier molecular flexibility index (Phi) is 7.48. The van der Waals surface area contributed by atoms with E-state index >= 15 is 0 Å². The third-order valence-electron chi connectivity index (χ3n) is 5.20. The number of hydrogen-bond acceptors (Lipinski definition) is 6. The number of aromatic nitrogens is 1. The molecule has 0 spiro atoms. The molecule has 3 aromatic carbocycles. The first kappa shape index (κ1) is 24.0. The predicted molar refractivity (Wildman–Crippen MR) is 133 cm³/mol. The zero-order chi connectivity index (χ0) is 22.6. The van der Waals surface area contributed by atoms with Crippen LogP contribution in [0, 0.1) is 0 Å². The number of thiazole rings is 1. The molecule has 1 heterocycles. The van der Waals surface area contributed by atoms with Crippen molar-refractivity contribution in [2.24, 2.45) is 5.16 Å². The maximum Gasteiger partial charge on any atom is 0.360 e. The molecule has 0 aliphatic heterocycles. The van der Waals surface area contributed by atoms with Gasteiger partial charge in [-0.25, -0.2) is 9.78 Å². The first-order valence-corrected chi connectivity index (χ1v) is 10.7. The van der Waals surface area contributed by atoms with E-state index in [9.17, 15) is 9.90 Å². The summed E-state index contributed by atoms with van der Waals surface area (Å²) < 4.78 is 0. The highest BCUT2D eigenvalue weighted by Crippen LogP contribution is 2.47. The van der Waals surface area contributed by atoms with Gasteiger partial charge in [-0.2, -0.15) is 0 Å². The summed E-state index contributed by atoms with van der Waals surface area (Å²) in [6.45, 7) is 0. The molecular formula is C25H22ClN3O3S. The van der Waals surface area contributed by atoms with Crippen LogP contribution < -0.4 is 5.73 Å². The molecule has 0 aliphatic rings. The van der Waals surface area contributed by atoms with Gasteiger partial charge in [-0.05, 0) is 16.7 Å². The molecule has 0 amide bonds. The number of hydrogen-bond donors (Lipinski definition) is 2. The summed E-state index contributed by atoms with van der Waals surface area (Å²) in [5.41, 5.74) is 8.19. The fourth-order valence-electron chi connectivity index (χ4n) is 3.87. The number of aliphatic carboxylic acids is 1. The van der Waals surface area contributed by atoms with Crippen molar-refractivity contribution in [3.8, 4) is 0 Å². The lowest BCUT2D eigenvalue weighted by molar-refractivity contribution is -0.129. The van der Waals surface area contributed by atoms with E-state index in [2.05, 4.69) is 5.16 Å². The van der Waals surface area contributed by atoms with Crippen molar-refractivity contribution in [2.75, 3.05) is 12.8 Å². The van der Waals surface area contributed by atoms with Crippen LogP contribution in [-0.4, -0.2) is 28.9 Å². The Bertz CT molecular complexity index is 1150. The molecular weight excluding hydrogens is 458 g/mol. The smallest absolute Gasteiger partial charge is 0.360 e. The van der Waals surface area contributed by atoms with Gasteiger partial charge >= 0.3 is 5.97 Å². The molecule has 0 saturated carbocycles. The second kappa shape index (κ2) is 10.3. The molecule has 33 heavy (non-hydrogen) atoms. The van der Waals surface area contributed by atoms with E-state index in [1.54, 1.807) is 0 Å². The maximum atomic E-state index is 11.8. The van der Waals surface area contributed by atoms with E-state index in [1.165, 1.54) is 18.4 Å². The molecule has 168 valence electrons. The fourth-order valence-corrected chi connectivity index (χ4v) is 4.96. The average Bonchev–Trinajstić information content (AvgIpc) is 3.21. The van der Waals surface area contributed by atoms with Crippen LogP contribution in [0.2, 0.25) is 0 Å². The molecule has 0 bridgehead atoms. The van der Waals surface area contributed by atoms with Crippen LogP contribution in [0.3, 0.4) is 0 Å². The number of oxime groups is 1. The van der Waals surface area contributed by atoms with E-state index in [-0.39, 0.29) is 28.8 Å². The topological polar surface area (TPSA) is 97.8 Å². The van der Waals surface area contributed by atoms with E-state index in [1.807, 2.05) is 91.0 Å². The molecule has 0 unspecified atom stereocenters. The summed E-state index contributed by atoms with van der Waals surface area (Å²) in [7, 11) is 1.29. The number of anilines is 1. The first-order chi connectivity index (χ1) is 15.6. The van der Waals surface area contributed by atoms with Crippen LogP contribution in [0.1, 0.15) is 27.4 Å². The van der Waals surface area contributed by atoms with Gasteiger partial charge in [0.1, 0.15) is 22.8 Å². The monoisotopic (exact) mass is 479 g/mol. The van der Waals surface area contributed by atoms with Crippen LogP contribution in [0.4, 0.5) is 5.00 Å². The van der Waals surface area contributed by atoms with Gasteiger partial charge in [-0.15, -0.1) is 12.4 Å². The number of nitrogen functional groups attached to an aromatic ring is 1. The van der Waals surface area contributed by atoms with E-state index < -0.39 is 11.4 Å². The van der Waals surface area contributed by atoms with Gasteiger partial charge in [0.05, 0.1) is 5.41 Å². The minimum absolute atomic E-state index is 0. The molecule has 0 fully saturated rings. The van der Waals surface area contributed by atoms with Crippen molar-refractivity contribution in [1.82, 2.24) is 4.98 Å². The minimum atomic E-state index is -1.26. The van der Waals surface area contributed by atoms with Crippen LogP contribution in [0.5, 0.6) is 0 Å². The van der Waals surface area contributed by atoms with Crippen molar-refractivity contribution in [1.29, 1.82) is 0 Å². The average molecular weight is 480 g/mol. The van der Waals surface area contributed by atoms with Crippen molar-refractivity contribution < 1.29 is 14.7 Å². The Morgan fingerprint density at radius 2 is 1.33 bits per heavy atom. The number of carbonyl (C=O) groups is 1. The van der Waals surface area contributed by atoms with Crippen LogP contribution >= 0.6 is 23.7 Å². The lowest BCUT2D eigenvalue weighted by Gasteiger charge is -2.34. The number of halogens is 1. The Morgan fingerprint density at radius 3 is 1.70 bits per heavy atom. The lowest BCUT2D eigenvalue weighted by atomic mass is 9.70. The predicted octanol–water partition coefficient (Wildman–Crippen LogP) is 4.96. The summed E-state index contributed by atoms with van der Waals surface area (Å²) >= 11 is 1.24. The molecule has 0 radical (unpaired) electrons. The zero-order valence-electron chi connectivity index (χ0n) is 17.7. The van der Waals surface area contributed by atoms with Crippen LogP contribution in [0.25, 0.3) is 0 Å². The van der Waals surface area contributed by atoms with Gasteiger partial charge in [0, 0.05) is 0 Å². The van der Waals surface area contributed by atoms with E-state index in [4.69, 9.17) is 15.6 Å². The Balaban J connectivity index is 0.00000306. The Labute approximate surface area is 201 Å². The number of nitrogens with two attached hydrogens (primary N) is 1. The normalized spacial score (nSPS) is 11.5. The molecule has 8 heteroatoms. The quantitative estimate of drug-likeness (QED) is 0.222. The van der Waals surface area contributed by atoms with Gasteiger partial charge in [-0.3, -0.25) is 0 Å². The second-order valence-electron chi connectivity index (χ2n) is 7.01. The Morgan fingerprint density at radius 1 is 0.909 bits per heavy atom. The van der Waals surface area contributed by atoms with Gasteiger partial charge in [0.2, 0.25) is 5.71 Å². The number of nitrogens with zero attached hydrogens (tertiary/aromatic N) is 2.